The Kier molecular flexibility index (Phi) is 4.42. The van der Waals surface area contributed by atoms with Crippen LogP contribution in [-0.4, -0.2) is 13.0 Å². The molecule has 0 saturated heterocycles. The van der Waals surface area contributed by atoms with Crippen molar-refractivity contribution in [2.75, 3.05) is 12.4 Å². The highest BCUT2D eigenvalue weighted by Crippen LogP contribution is 2.14. The predicted molar refractivity (Wildman–Crippen MR) is 71.5 cm³/mol. The normalized spacial score (nSPS) is 10.3. The molecule has 0 unspecified atom stereocenters. The number of ether oxygens (including phenoxy) is 1. The monoisotopic (exact) mass is 277 g/mol. The van der Waals surface area contributed by atoms with Gasteiger partial charge in [-0.3, -0.25) is 4.79 Å². The van der Waals surface area contributed by atoms with E-state index < -0.39 is 17.5 Å². The minimum absolute atomic E-state index is 0.0698. The summed E-state index contributed by atoms with van der Waals surface area (Å²) in [6, 6.07) is 9.71. The molecule has 104 valence electrons. The number of carbonyl (C=O) groups excluding carboxylic acids is 1. The van der Waals surface area contributed by atoms with Gasteiger partial charge in [0.15, 0.2) is 0 Å². The molecular weight excluding hydrogens is 264 g/mol. The summed E-state index contributed by atoms with van der Waals surface area (Å²) in [5.41, 5.74) is 1.35. The molecule has 0 heterocycles. The number of rotatable bonds is 4. The fraction of sp³-hybridized carbons (Fsp3) is 0.133. The van der Waals surface area contributed by atoms with Crippen LogP contribution in [0.25, 0.3) is 0 Å². The van der Waals surface area contributed by atoms with Crippen molar-refractivity contribution in [1.82, 2.24) is 0 Å². The van der Waals surface area contributed by atoms with Crippen LogP contribution in [-0.2, 0) is 11.3 Å². The second-order valence-corrected chi connectivity index (χ2v) is 4.25. The number of hydrogen-bond donors (Lipinski definition) is 1. The number of methoxy groups -OCH3 is 1. The molecule has 0 atom stereocenters. The fourth-order valence-electron chi connectivity index (χ4n) is 1.79. The highest BCUT2D eigenvalue weighted by atomic mass is 19.1. The Morgan fingerprint density at radius 3 is 2.50 bits per heavy atom. The second kappa shape index (κ2) is 6.25. The molecule has 0 saturated carbocycles. The van der Waals surface area contributed by atoms with Gasteiger partial charge in [0.25, 0.3) is 5.91 Å². The van der Waals surface area contributed by atoms with Gasteiger partial charge in [0.05, 0.1) is 6.61 Å². The summed E-state index contributed by atoms with van der Waals surface area (Å²) >= 11 is 0. The van der Waals surface area contributed by atoms with E-state index in [0.29, 0.717) is 12.3 Å². The minimum atomic E-state index is -0.789. The van der Waals surface area contributed by atoms with Crippen LogP contribution in [0.4, 0.5) is 14.5 Å². The van der Waals surface area contributed by atoms with E-state index in [2.05, 4.69) is 5.32 Å². The number of carbonyl (C=O) groups is 1. The Morgan fingerprint density at radius 2 is 1.85 bits per heavy atom. The van der Waals surface area contributed by atoms with E-state index in [4.69, 9.17) is 4.74 Å². The lowest BCUT2D eigenvalue weighted by molar-refractivity contribution is 0.102. The molecule has 0 fully saturated rings. The van der Waals surface area contributed by atoms with Crippen molar-refractivity contribution in [3.8, 4) is 0 Å². The van der Waals surface area contributed by atoms with Crippen LogP contribution in [0.1, 0.15) is 15.9 Å². The number of amides is 1. The van der Waals surface area contributed by atoms with Gasteiger partial charge in [0.1, 0.15) is 11.6 Å². The van der Waals surface area contributed by atoms with Crippen LogP contribution in [0.15, 0.2) is 42.5 Å². The van der Waals surface area contributed by atoms with Gasteiger partial charge in [-0.25, -0.2) is 8.78 Å². The molecular formula is C15H13F2NO2. The Bertz CT molecular complexity index is 609. The van der Waals surface area contributed by atoms with E-state index in [1.165, 1.54) is 0 Å². The van der Waals surface area contributed by atoms with E-state index in [0.717, 1.165) is 23.8 Å². The van der Waals surface area contributed by atoms with Crippen molar-refractivity contribution >= 4 is 11.6 Å². The SMILES string of the molecule is COCc1cccc(NC(=O)c2cc(F)cc(F)c2)c1. The first-order chi connectivity index (χ1) is 9.58. The molecule has 2 aromatic carbocycles. The lowest BCUT2D eigenvalue weighted by Crippen LogP contribution is -2.12. The lowest BCUT2D eigenvalue weighted by atomic mass is 10.1. The average Bonchev–Trinajstić information content (AvgIpc) is 2.38. The molecule has 20 heavy (non-hydrogen) atoms. The molecule has 0 aromatic heterocycles. The number of benzene rings is 2. The smallest absolute Gasteiger partial charge is 0.255 e. The van der Waals surface area contributed by atoms with E-state index >= 15 is 0 Å². The van der Waals surface area contributed by atoms with Crippen LogP contribution in [0, 0.1) is 11.6 Å². The molecule has 0 aliphatic rings. The van der Waals surface area contributed by atoms with E-state index in [-0.39, 0.29) is 5.56 Å². The van der Waals surface area contributed by atoms with Crippen LogP contribution in [0.3, 0.4) is 0 Å². The number of nitrogens with one attached hydrogen (secondary N) is 1. The highest BCUT2D eigenvalue weighted by molar-refractivity contribution is 6.04. The Hall–Kier alpha value is -2.27. The van der Waals surface area contributed by atoms with Crippen molar-refractivity contribution in [2.45, 2.75) is 6.61 Å². The number of anilines is 1. The zero-order valence-electron chi connectivity index (χ0n) is 10.8. The largest absolute Gasteiger partial charge is 0.380 e. The second-order valence-electron chi connectivity index (χ2n) is 4.25. The average molecular weight is 277 g/mol. The lowest BCUT2D eigenvalue weighted by Gasteiger charge is -2.07. The summed E-state index contributed by atoms with van der Waals surface area (Å²) in [6.07, 6.45) is 0. The van der Waals surface area contributed by atoms with E-state index in [1.807, 2.05) is 6.07 Å². The summed E-state index contributed by atoms with van der Waals surface area (Å²) in [7, 11) is 1.57. The molecule has 0 radical (unpaired) electrons. The quantitative estimate of drug-likeness (QED) is 0.930. The summed E-state index contributed by atoms with van der Waals surface area (Å²) in [5.74, 6) is -2.15. The third kappa shape index (κ3) is 3.61. The van der Waals surface area contributed by atoms with Gasteiger partial charge in [-0.2, -0.15) is 0 Å². The summed E-state index contributed by atoms with van der Waals surface area (Å²) in [5, 5.41) is 2.58. The van der Waals surface area contributed by atoms with Crippen molar-refractivity contribution in [3.05, 3.63) is 65.2 Å². The molecule has 0 bridgehead atoms. The molecule has 5 heteroatoms. The van der Waals surface area contributed by atoms with Gasteiger partial charge in [0.2, 0.25) is 0 Å². The van der Waals surface area contributed by atoms with E-state index in [1.54, 1.807) is 25.3 Å². The maximum Gasteiger partial charge on any atom is 0.255 e. The van der Waals surface area contributed by atoms with Crippen molar-refractivity contribution in [1.29, 1.82) is 0 Å². The van der Waals surface area contributed by atoms with Gasteiger partial charge in [0, 0.05) is 24.4 Å². The maximum absolute atomic E-state index is 13.1. The van der Waals surface area contributed by atoms with Gasteiger partial charge in [-0.1, -0.05) is 12.1 Å². The van der Waals surface area contributed by atoms with Gasteiger partial charge in [-0.15, -0.1) is 0 Å². The number of halogens is 2. The van der Waals surface area contributed by atoms with Gasteiger partial charge >= 0.3 is 0 Å². The minimum Gasteiger partial charge on any atom is -0.380 e. The molecule has 0 aliphatic carbocycles. The zero-order chi connectivity index (χ0) is 14.5. The maximum atomic E-state index is 13.1. The van der Waals surface area contributed by atoms with Crippen molar-refractivity contribution in [3.63, 3.8) is 0 Å². The predicted octanol–water partition coefficient (Wildman–Crippen LogP) is 3.36. The first kappa shape index (κ1) is 14.1. The summed E-state index contributed by atoms with van der Waals surface area (Å²) < 4.78 is 31.1. The first-order valence-corrected chi connectivity index (χ1v) is 5.94. The van der Waals surface area contributed by atoms with Crippen LogP contribution in [0.5, 0.6) is 0 Å². The van der Waals surface area contributed by atoms with Gasteiger partial charge in [-0.05, 0) is 29.8 Å². The Morgan fingerprint density at radius 1 is 1.15 bits per heavy atom. The standard InChI is InChI=1S/C15H13F2NO2/c1-20-9-10-3-2-4-14(5-10)18-15(19)11-6-12(16)8-13(17)7-11/h2-8H,9H2,1H3,(H,18,19). The Balaban J connectivity index is 2.16. The topological polar surface area (TPSA) is 38.3 Å². The molecule has 3 nitrogen and oxygen atoms in total. The first-order valence-electron chi connectivity index (χ1n) is 5.94. The zero-order valence-corrected chi connectivity index (χ0v) is 10.8. The van der Waals surface area contributed by atoms with Crippen molar-refractivity contribution in [2.24, 2.45) is 0 Å². The molecule has 1 N–H and O–H groups in total. The Labute approximate surface area is 115 Å². The third-order valence-electron chi connectivity index (χ3n) is 2.62. The van der Waals surface area contributed by atoms with Crippen LogP contribution < -0.4 is 5.32 Å². The van der Waals surface area contributed by atoms with Crippen LogP contribution in [0.2, 0.25) is 0 Å². The highest BCUT2D eigenvalue weighted by Gasteiger charge is 2.09. The third-order valence-corrected chi connectivity index (χ3v) is 2.62. The fourth-order valence-corrected chi connectivity index (χ4v) is 1.79. The van der Waals surface area contributed by atoms with Gasteiger partial charge < -0.3 is 10.1 Å². The molecule has 0 spiro atoms. The summed E-state index contributed by atoms with van der Waals surface area (Å²) in [4.78, 5) is 11.9. The van der Waals surface area contributed by atoms with Crippen LogP contribution >= 0.6 is 0 Å². The molecule has 0 aliphatic heterocycles. The summed E-state index contributed by atoms with van der Waals surface area (Å²) in [6.45, 7) is 0.415. The number of hydrogen-bond acceptors (Lipinski definition) is 2. The van der Waals surface area contributed by atoms with E-state index in [9.17, 15) is 13.6 Å². The molecule has 2 rings (SSSR count). The molecule has 2 aromatic rings. The molecule has 1 amide bonds. The van der Waals surface area contributed by atoms with Crippen molar-refractivity contribution < 1.29 is 18.3 Å².